The summed E-state index contributed by atoms with van der Waals surface area (Å²) >= 11 is 0. The average molecular weight is 251 g/mol. The second kappa shape index (κ2) is 5.00. The molecule has 2 rings (SSSR count). The van der Waals surface area contributed by atoms with Gasteiger partial charge in [-0.05, 0) is 30.3 Å². The number of nitrogens with zero attached hydrogens (tertiary/aromatic N) is 1. The van der Waals surface area contributed by atoms with Gasteiger partial charge in [0.15, 0.2) is 0 Å². The third-order valence-electron chi connectivity index (χ3n) is 2.39. The van der Waals surface area contributed by atoms with Crippen LogP contribution in [0.1, 0.15) is 28.0 Å². The predicted molar refractivity (Wildman–Crippen MR) is 59.0 cm³/mol. The summed E-state index contributed by atoms with van der Waals surface area (Å²) in [5.74, 6) is -1.45. The SMILES string of the molecule is O=C(c1ccccn1)c1cc(F)ccc1C(F)F. The summed E-state index contributed by atoms with van der Waals surface area (Å²) in [5, 5.41) is 0. The number of rotatable bonds is 3. The molecular weight excluding hydrogens is 243 g/mol. The van der Waals surface area contributed by atoms with Crippen molar-refractivity contribution >= 4 is 5.78 Å². The van der Waals surface area contributed by atoms with E-state index in [1.54, 1.807) is 12.1 Å². The maximum absolute atomic E-state index is 13.1. The lowest BCUT2D eigenvalue weighted by Gasteiger charge is -2.07. The first-order chi connectivity index (χ1) is 8.59. The summed E-state index contributed by atoms with van der Waals surface area (Å²) in [5.41, 5.74) is -0.847. The molecule has 0 saturated carbocycles. The Labute approximate surface area is 101 Å². The van der Waals surface area contributed by atoms with Crippen molar-refractivity contribution in [2.75, 3.05) is 0 Å². The van der Waals surface area contributed by atoms with E-state index in [0.717, 1.165) is 18.2 Å². The summed E-state index contributed by atoms with van der Waals surface area (Å²) < 4.78 is 38.5. The molecule has 2 nitrogen and oxygen atoms in total. The molecule has 1 heterocycles. The lowest BCUT2D eigenvalue weighted by atomic mass is 10.0. The van der Waals surface area contributed by atoms with E-state index in [4.69, 9.17) is 0 Å². The largest absolute Gasteiger partial charge is 0.287 e. The highest BCUT2D eigenvalue weighted by atomic mass is 19.3. The number of hydrogen-bond acceptors (Lipinski definition) is 2. The molecule has 0 atom stereocenters. The number of alkyl halides is 2. The molecule has 1 aromatic carbocycles. The first kappa shape index (κ1) is 12.3. The van der Waals surface area contributed by atoms with E-state index in [2.05, 4.69) is 4.98 Å². The topological polar surface area (TPSA) is 30.0 Å². The molecule has 0 amide bonds. The third-order valence-corrected chi connectivity index (χ3v) is 2.39. The van der Waals surface area contributed by atoms with Crippen LogP contribution in [-0.4, -0.2) is 10.8 Å². The second-order valence-corrected chi connectivity index (χ2v) is 3.58. The van der Waals surface area contributed by atoms with Gasteiger partial charge in [-0.15, -0.1) is 0 Å². The molecule has 92 valence electrons. The Morgan fingerprint density at radius 2 is 1.94 bits per heavy atom. The Morgan fingerprint density at radius 1 is 1.17 bits per heavy atom. The Morgan fingerprint density at radius 3 is 2.56 bits per heavy atom. The van der Waals surface area contributed by atoms with Gasteiger partial charge in [-0.25, -0.2) is 13.2 Å². The summed E-state index contributed by atoms with van der Waals surface area (Å²) in [6, 6.07) is 7.16. The quantitative estimate of drug-likeness (QED) is 0.782. The fraction of sp³-hybridized carbons (Fsp3) is 0.0769. The van der Waals surface area contributed by atoms with Gasteiger partial charge in [0, 0.05) is 17.3 Å². The van der Waals surface area contributed by atoms with Crippen molar-refractivity contribution in [1.29, 1.82) is 0 Å². The van der Waals surface area contributed by atoms with Crippen molar-refractivity contribution < 1.29 is 18.0 Å². The van der Waals surface area contributed by atoms with Crippen LogP contribution in [0.4, 0.5) is 13.2 Å². The van der Waals surface area contributed by atoms with Gasteiger partial charge in [0.05, 0.1) is 0 Å². The fourth-order valence-corrected chi connectivity index (χ4v) is 1.55. The zero-order chi connectivity index (χ0) is 13.1. The summed E-state index contributed by atoms with van der Waals surface area (Å²) in [4.78, 5) is 15.7. The number of pyridine rings is 1. The van der Waals surface area contributed by atoms with Crippen molar-refractivity contribution in [1.82, 2.24) is 4.98 Å². The van der Waals surface area contributed by atoms with Crippen molar-refractivity contribution in [2.45, 2.75) is 6.43 Å². The van der Waals surface area contributed by atoms with Crippen LogP contribution in [0.2, 0.25) is 0 Å². The van der Waals surface area contributed by atoms with Crippen molar-refractivity contribution in [3.05, 3.63) is 65.2 Å². The maximum atomic E-state index is 13.1. The van der Waals surface area contributed by atoms with Gasteiger partial charge in [0.25, 0.3) is 6.43 Å². The van der Waals surface area contributed by atoms with Crippen LogP contribution < -0.4 is 0 Å². The number of hydrogen-bond donors (Lipinski definition) is 0. The first-order valence-electron chi connectivity index (χ1n) is 5.13. The summed E-state index contributed by atoms with van der Waals surface area (Å²) in [6.45, 7) is 0. The van der Waals surface area contributed by atoms with Crippen molar-refractivity contribution in [3.63, 3.8) is 0 Å². The van der Waals surface area contributed by atoms with Crippen LogP contribution in [0, 0.1) is 5.82 Å². The monoisotopic (exact) mass is 251 g/mol. The van der Waals surface area contributed by atoms with Gasteiger partial charge in [-0.1, -0.05) is 6.07 Å². The van der Waals surface area contributed by atoms with E-state index in [9.17, 15) is 18.0 Å². The molecule has 18 heavy (non-hydrogen) atoms. The number of benzene rings is 1. The third kappa shape index (κ3) is 2.40. The van der Waals surface area contributed by atoms with Gasteiger partial charge >= 0.3 is 0 Å². The molecule has 0 aliphatic heterocycles. The molecule has 0 aliphatic rings. The minimum atomic E-state index is -2.84. The highest BCUT2D eigenvalue weighted by Gasteiger charge is 2.20. The summed E-state index contributed by atoms with van der Waals surface area (Å²) in [6.07, 6.45) is -1.47. The normalized spacial score (nSPS) is 10.7. The van der Waals surface area contributed by atoms with Crippen molar-refractivity contribution in [3.8, 4) is 0 Å². The molecule has 0 unspecified atom stereocenters. The molecular formula is C13H8F3NO. The molecule has 0 N–H and O–H groups in total. The van der Waals surface area contributed by atoms with Crippen LogP contribution in [0.15, 0.2) is 42.6 Å². The minimum Gasteiger partial charge on any atom is -0.287 e. The first-order valence-corrected chi connectivity index (χ1v) is 5.13. The Balaban J connectivity index is 2.50. The zero-order valence-electron chi connectivity index (χ0n) is 9.11. The van der Waals surface area contributed by atoms with Crippen LogP contribution in [-0.2, 0) is 0 Å². The molecule has 0 bridgehead atoms. The van der Waals surface area contributed by atoms with Gasteiger partial charge in [-0.2, -0.15) is 0 Å². The predicted octanol–water partition coefficient (Wildman–Crippen LogP) is 3.39. The van der Waals surface area contributed by atoms with E-state index in [-0.39, 0.29) is 11.3 Å². The van der Waals surface area contributed by atoms with E-state index in [1.165, 1.54) is 12.3 Å². The number of ketones is 1. The van der Waals surface area contributed by atoms with E-state index in [0.29, 0.717) is 0 Å². The molecule has 0 aliphatic carbocycles. The lowest BCUT2D eigenvalue weighted by Crippen LogP contribution is -2.08. The second-order valence-electron chi connectivity index (χ2n) is 3.58. The number of carbonyl (C=O) groups is 1. The van der Waals surface area contributed by atoms with Crippen LogP contribution in [0.25, 0.3) is 0 Å². The standard InChI is InChI=1S/C13H8F3NO/c14-8-4-5-9(13(15)16)10(7-8)12(18)11-3-1-2-6-17-11/h1-7,13H. The van der Waals surface area contributed by atoms with Gasteiger partial charge in [-0.3, -0.25) is 9.78 Å². The lowest BCUT2D eigenvalue weighted by molar-refractivity contribution is 0.101. The van der Waals surface area contributed by atoms with Crippen LogP contribution in [0.5, 0.6) is 0 Å². The highest BCUT2D eigenvalue weighted by Crippen LogP contribution is 2.25. The Hall–Kier alpha value is -2.17. The smallest absolute Gasteiger partial charge is 0.264 e. The minimum absolute atomic E-state index is 0.00463. The molecule has 0 saturated heterocycles. The molecule has 0 radical (unpaired) electrons. The van der Waals surface area contributed by atoms with Gasteiger partial charge < -0.3 is 0 Å². The fourth-order valence-electron chi connectivity index (χ4n) is 1.55. The van der Waals surface area contributed by atoms with Crippen LogP contribution in [0.3, 0.4) is 0 Å². The number of aromatic nitrogens is 1. The van der Waals surface area contributed by atoms with Crippen molar-refractivity contribution in [2.24, 2.45) is 0 Å². The van der Waals surface area contributed by atoms with E-state index >= 15 is 0 Å². The molecule has 5 heteroatoms. The van der Waals surface area contributed by atoms with E-state index < -0.39 is 23.6 Å². The maximum Gasteiger partial charge on any atom is 0.264 e. The molecule has 2 aromatic rings. The van der Waals surface area contributed by atoms with Gasteiger partial charge in [0.1, 0.15) is 11.5 Å². The molecule has 0 fully saturated rings. The zero-order valence-corrected chi connectivity index (χ0v) is 9.11. The average Bonchev–Trinajstić information content (AvgIpc) is 2.38. The number of halogens is 3. The highest BCUT2D eigenvalue weighted by molar-refractivity contribution is 6.08. The van der Waals surface area contributed by atoms with Crippen LogP contribution >= 0.6 is 0 Å². The molecule has 0 spiro atoms. The molecule has 1 aromatic heterocycles. The Bertz CT molecular complexity index is 570. The summed E-state index contributed by atoms with van der Waals surface area (Å²) in [7, 11) is 0. The van der Waals surface area contributed by atoms with E-state index in [1.807, 2.05) is 0 Å². The Kier molecular flexibility index (Phi) is 3.41. The van der Waals surface area contributed by atoms with Gasteiger partial charge in [0.2, 0.25) is 5.78 Å². The number of carbonyl (C=O) groups excluding carboxylic acids is 1.